The van der Waals surface area contributed by atoms with E-state index in [9.17, 15) is 14.4 Å². The van der Waals surface area contributed by atoms with Crippen molar-refractivity contribution in [1.29, 1.82) is 0 Å². The van der Waals surface area contributed by atoms with E-state index in [2.05, 4.69) is 6.58 Å². The van der Waals surface area contributed by atoms with Crippen molar-refractivity contribution in [2.45, 2.75) is 40.0 Å². The van der Waals surface area contributed by atoms with Crippen LogP contribution in [-0.4, -0.2) is 17.7 Å². The van der Waals surface area contributed by atoms with Crippen LogP contribution in [-0.2, 0) is 19.1 Å². The molecule has 0 aromatic carbocycles. The molecule has 1 saturated carbocycles. The van der Waals surface area contributed by atoms with E-state index in [-0.39, 0.29) is 47.3 Å². The first-order valence-corrected chi connectivity index (χ1v) is 7.21. The van der Waals surface area contributed by atoms with Crippen molar-refractivity contribution >= 4 is 17.7 Å². The average molecular weight is 278 g/mol. The molecule has 0 bridgehead atoms. The lowest BCUT2D eigenvalue weighted by Crippen LogP contribution is -2.36. The highest BCUT2D eigenvalue weighted by Gasteiger charge is 2.51. The summed E-state index contributed by atoms with van der Waals surface area (Å²) in [4.78, 5) is 34.9. The van der Waals surface area contributed by atoms with Crippen LogP contribution in [0.1, 0.15) is 40.0 Å². The average Bonchev–Trinajstić information content (AvgIpc) is 2.61. The molecule has 0 aromatic heterocycles. The number of fused-ring (bicyclic) bond motifs is 1. The van der Waals surface area contributed by atoms with Crippen LogP contribution >= 0.6 is 0 Å². The SMILES string of the molecule is C=C(C)C(CC(C)=O)C1CC(C)C2C(=O)OC(=O)C2C1. The van der Waals surface area contributed by atoms with Crippen molar-refractivity contribution in [2.75, 3.05) is 0 Å². The van der Waals surface area contributed by atoms with Crippen molar-refractivity contribution in [3.05, 3.63) is 12.2 Å². The number of cyclic esters (lactones) is 2. The number of Topliss-reactive ketones (excluding diaryl/α,β-unsaturated/α-hetero) is 1. The van der Waals surface area contributed by atoms with Gasteiger partial charge in [0, 0.05) is 6.42 Å². The number of hydrogen-bond donors (Lipinski definition) is 0. The highest BCUT2D eigenvalue weighted by atomic mass is 16.6. The molecule has 2 fully saturated rings. The summed E-state index contributed by atoms with van der Waals surface area (Å²) in [6, 6.07) is 0. The van der Waals surface area contributed by atoms with Crippen LogP contribution in [0.2, 0.25) is 0 Å². The van der Waals surface area contributed by atoms with Gasteiger partial charge in [0.15, 0.2) is 0 Å². The fraction of sp³-hybridized carbons (Fsp3) is 0.688. The molecule has 1 aliphatic carbocycles. The van der Waals surface area contributed by atoms with E-state index in [4.69, 9.17) is 4.74 Å². The van der Waals surface area contributed by atoms with Gasteiger partial charge in [-0.25, -0.2) is 0 Å². The van der Waals surface area contributed by atoms with Gasteiger partial charge in [0.25, 0.3) is 0 Å². The van der Waals surface area contributed by atoms with Gasteiger partial charge in [0.2, 0.25) is 0 Å². The molecule has 5 atom stereocenters. The first-order chi connectivity index (χ1) is 9.31. The lowest BCUT2D eigenvalue weighted by atomic mass is 9.64. The van der Waals surface area contributed by atoms with E-state index < -0.39 is 0 Å². The smallest absolute Gasteiger partial charge is 0.317 e. The van der Waals surface area contributed by atoms with Crippen molar-refractivity contribution in [3.63, 3.8) is 0 Å². The summed E-state index contributed by atoms with van der Waals surface area (Å²) in [5.41, 5.74) is 0.980. The molecule has 0 amide bonds. The van der Waals surface area contributed by atoms with Gasteiger partial charge in [-0.1, -0.05) is 19.1 Å². The second kappa shape index (κ2) is 5.51. The third kappa shape index (κ3) is 2.69. The minimum atomic E-state index is -0.389. The third-order valence-corrected chi connectivity index (χ3v) is 4.76. The third-order valence-electron chi connectivity index (χ3n) is 4.76. The van der Waals surface area contributed by atoms with Gasteiger partial charge in [-0.05, 0) is 44.4 Å². The van der Waals surface area contributed by atoms with Crippen LogP contribution < -0.4 is 0 Å². The molecule has 2 rings (SSSR count). The molecule has 1 heterocycles. The zero-order chi connectivity index (χ0) is 15.0. The Labute approximate surface area is 119 Å². The second-order valence-corrected chi connectivity index (χ2v) is 6.44. The second-order valence-electron chi connectivity index (χ2n) is 6.44. The Morgan fingerprint density at radius 1 is 1.30 bits per heavy atom. The van der Waals surface area contributed by atoms with Crippen LogP contribution in [0.3, 0.4) is 0 Å². The summed E-state index contributed by atoms with van der Waals surface area (Å²) in [5.74, 6) is -0.800. The van der Waals surface area contributed by atoms with Crippen LogP contribution in [0.25, 0.3) is 0 Å². The Morgan fingerprint density at radius 3 is 2.50 bits per heavy atom. The molecule has 5 unspecified atom stereocenters. The Kier molecular flexibility index (Phi) is 4.11. The summed E-state index contributed by atoms with van der Waals surface area (Å²) >= 11 is 0. The van der Waals surface area contributed by atoms with Crippen LogP contribution in [0, 0.1) is 29.6 Å². The zero-order valence-electron chi connectivity index (χ0n) is 12.3. The summed E-state index contributed by atoms with van der Waals surface area (Å²) in [7, 11) is 0. The number of ketones is 1. The van der Waals surface area contributed by atoms with E-state index in [0.29, 0.717) is 12.8 Å². The predicted octanol–water partition coefficient (Wildman–Crippen LogP) is 2.52. The number of rotatable bonds is 4. The number of allylic oxidation sites excluding steroid dienone is 1. The molecule has 4 nitrogen and oxygen atoms in total. The fourth-order valence-corrected chi connectivity index (χ4v) is 3.85. The van der Waals surface area contributed by atoms with E-state index in [1.54, 1.807) is 6.92 Å². The fourth-order valence-electron chi connectivity index (χ4n) is 3.85. The Bertz CT molecular complexity index is 465. The molecule has 4 heteroatoms. The number of esters is 2. The van der Waals surface area contributed by atoms with Crippen molar-refractivity contribution in [1.82, 2.24) is 0 Å². The number of carbonyl (C=O) groups excluding carboxylic acids is 3. The van der Waals surface area contributed by atoms with Crippen LogP contribution in [0.4, 0.5) is 0 Å². The molecule has 1 saturated heterocycles. The first-order valence-electron chi connectivity index (χ1n) is 7.21. The van der Waals surface area contributed by atoms with Gasteiger partial charge in [-0.15, -0.1) is 0 Å². The first kappa shape index (κ1) is 14.9. The number of carbonyl (C=O) groups is 3. The van der Waals surface area contributed by atoms with E-state index in [1.165, 1.54) is 0 Å². The maximum Gasteiger partial charge on any atom is 0.317 e. The molecule has 0 N–H and O–H groups in total. The van der Waals surface area contributed by atoms with Gasteiger partial charge in [0.05, 0.1) is 11.8 Å². The summed E-state index contributed by atoms with van der Waals surface area (Å²) in [5, 5.41) is 0. The molecule has 2 aliphatic rings. The lowest BCUT2D eigenvalue weighted by molar-refractivity contribution is -0.154. The molecule has 1 aliphatic heterocycles. The standard InChI is InChI=1S/C16H22O4/c1-8(2)12(6-10(4)17)11-5-9(3)14-13(7-11)15(18)20-16(14)19/h9,11-14H,1,5-7H2,2-4H3. The van der Waals surface area contributed by atoms with Gasteiger partial charge in [-0.2, -0.15) is 0 Å². The summed E-state index contributed by atoms with van der Waals surface area (Å²) in [6.45, 7) is 9.50. The quantitative estimate of drug-likeness (QED) is 0.450. The monoisotopic (exact) mass is 278 g/mol. The lowest BCUT2D eigenvalue weighted by Gasteiger charge is -2.37. The van der Waals surface area contributed by atoms with Crippen LogP contribution in [0.5, 0.6) is 0 Å². The molecule has 0 aromatic rings. The van der Waals surface area contributed by atoms with E-state index >= 15 is 0 Å². The van der Waals surface area contributed by atoms with Crippen molar-refractivity contribution in [2.24, 2.45) is 29.6 Å². The number of hydrogen-bond acceptors (Lipinski definition) is 4. The van der Waals surface area contributed by atoms with Gasteiger partial charge < -0.3 is 9.53 Å². The highest BCUT2D eigenvalue weighted by Crippen LogP contribution is 2.47. The maximum atomic E-state index is 11.8. The molecule has 0 spiro atoms. The van der Waals surface area contributed by atoms with E-state index in [0.717, 1.165) is 12.0 Å². The molecule has 0 radical (unpaired) electrons. The Balaban J connectivity index is 2.18. The summed E-state index contributed by atoms with van der Waals surface area (Å²) in [6.07, 6.45) is 1.94. The minimum Gasteiger partial charge on any atom is -0.393 e. The van der Waals surface area contributed by atoms with Crippen molar-refractivity contribution < 1.29 is 19.1 Å². The maximum absolute atomic E-state index is 11.8. The number of ether oxygens (including phenoxy) is 1. The van der Waals surface area contributed by atoms with Crippen molar-refractivity contribution in [3.8, 4) is 0 Å². The predicted molar refractivity (Wildman–Crippen MR) is 73.6 cm³/mol. The van der Waals surface area contributed by atoms with E-state index in [1.807, 2.05) is 13.8 Å². The van der Waals surface area contributed by atoms with Gasteiger partial charge in [0.1, 0.15) is 5.78 Å². The normalized spacial score (nSPS) is 34.4. The highest BCUT2D eigenvalue weighted by molar-refractivity contribution is 5.96. The minimum absolute atomic E-state index is 0.0967. The van der Waals surface area contributed by atoms with Gasteiger partial charge in [-0.3, -0.25) is 9.59 Å². The van der Waals surface area contributed by atoms with Crippen LogP contribution in [0.15, 0.2) is 12.2 Å². The molecular weight excluding hydrogens is 256 g/mol. The topological polar surface area (TPSA) is 60.4 Å². The largest absolute Gasteiger partial charge is 0.393 e. The molecule has 110 valence electrons. The zero-order valence-corrected chi connectivity index (χ0v) is 12.3. The molecule has 20 heavy (non-hydrogen) atoms. The Morgan fingerprint density at radius 2 is 1.95 bits per heavy atom. The molecular formula is C16H22O4. The van der Waals surface area contributed by atoms with Gasteiger partial charge >= 0.3 is 11.9 Å². The Hall–Kier alpha value is -1.45. The summed E-state index contributed by atoms with van der Waals surface area (Å²) < 4.78 is 4.78.